The van der Waals surface area contributed by atoms with Gasteiger partial charge in [0.1, 0.15) is 5.75 Å². The Labute approximate surface area is 206 Å². The molecule has 0 spiro atoms. The molecule has 4 rings (SSSR count). The van der Waals surface area contributed by atoms with Gasteiger partial charge >= 0.3 is 0 Å². The lowest BCUT2D eigenvalue weighted by molar-refractivity contribution is -0.128. The fourth-order valence-corrected chi connectivity index (χ4v) is 6.26. The second-order valence-electron chi connectivity index (χ2n) is 8.81. The quantitative estimate of drug-likeness (QED) is 0.437. The summed E-state index contributed by atoms with van der Waals surface area (Å²) in [5.41, 5.74) is 3.14. The van der Waals surface area contributed by atoms with Gasteiger partial charge in [0.2, 0.25) is 5.91 Å². The minimum absolute atomic E-state index is 0.246. The molecule has 7 heteroatoms. The molecule has 0 aromatic heterocycles. The van der Waals surface area contributed by atoms with Gasteiger partial charge in [-0.3, -0.25) is 9.59 Å². The van der Waals surface area contributed by atoms with Crippen molar-refractivity contribution < 1.29 is 18.0 Å². The molecule has 1 atom stereocenters. The standard InChI is InChI=1S/C28H30N2O4S/c31-26-21-35(33,34)28(30(26)19-17-23-12-5-2-6-13-23)25-16-9-15-24(20-25)27(32)29-18-8-7-14-22-10-3-1-4-11-22/h1-6,9-13,15-16,20,28H,7-8,14,17-19,21H2,(H,29,32). The van der Waals surface area contributed by atoms with Crippen LogP contribution < -0.4 is 5.32 Å². The average molecular weight is 491 g/mol. The second-order valence-corrected chi connectivity index (χ2v) is 10.9. The highest BCUT2D eigenvalue weighted by Gasteiger charge is 2.44. The van der Waals surface area contributed by atoms with E-state index in [-0.39, 0.29) is 5.91 Å². The van der Waals surface area contributed by atoms with Crippen LogP contribution in [0.25, 0.3) is 0 Å². The molecule has 1 fully saturated rings. The molecule has 1 aliphatic rings. The molecule has 3 aromatic rings. The highest BCUT2D eigenvalue weighted by molar-refractivity contribution is 7.92. The van der Waals surface area contributed by atoms with Gasteiger partial charge in [-0.25, -0.2) is 8.42 Å². The molecule has 1 N–H and O–H groups in total. The van der Waals surface area contributed by atoms with Gasteiger partial charge in [0.05, 0.1) is 0 Å². The number of hydrogen-bond donors (Lipinski definition) is 1. The van der Waals surface area contributed by atoms with Crippen LogP contribution in [0, 0.1) is 0 Å². The van der Waals surface area contributed by atoms with Gasteiger partial charge in [0, 0.05) is 18.7 Å². The van der Waals surface area contributed by atoms with Gasteiger partial charge < -0.3 is 10.2 Å². The van der Waals surface area contributed by atoms with Crippen LogP contribution in [-0.2, 0) is 27.5 Å². The summed E-state index contributed by atoms with van der Waals surface area (Å²) >= 11 is 0. The van der Waals surface area contributed by atoms with Crippen molar-refractivity contribution in [3.8, 4) is 0 Å². The molecule has 1 unspecified atom stereocenters. The van der Waals surface area contributed by atoms with E-state index < -0.39 is 26.9 Å². The van der Waals surface area contributed by atoms with Crippen LogP contribution in [0.15, 0.2) is 84.9 Å². The topological polar surface area (TPSA) is 83.6 Å². The normalized spacial score (nSPS) is 16.9. The molecule has 1 saturated heterocycles. The first-order chi connectivity index (χ1) is 16.9. The van der Waals surface area contributed by atoms with Crippen molar-refractivity contribution in [2.24, 2.45) is 0 Å². The van der Waals surface area contributed by atoms with Crippen molar-refractivity contribution in [3.63, 3.8) is 0 Å². The molecule has 0 radical (unpaired) electrons. The zero-order valence-electron chi connectivity index (χ0n) is 19.6. The van der Waals surface area contributed by atoms with E-state index >= 15 is 0 Å². The van der Waals surface area contributed by atoms with Crippen molar-refractivity contribution >= 4 is 21.7 Å². The van der Waals surface area contributed by atoms with Gasteiger partial charge in [0.15, 0.2) is 15.2 Å². The molecule has 2 amide bonds. The van der Waals surface area contributed by atoms with Crippen molar-refractivity contribution in [2.75, 3.05) is 18.8 Å². The third kappa shape index (κ3) is 6.36. The first-order valence-corrected chi connectivity index (χ1v) is 13.6. The molecular weight excluding hydrogens is 460 g/mol. The van der Waals surface area contributed by atoms with Crippen LogP contribution in [0.1, 0.15) is 45.3 Å². The van der Waals surface area contributed by atoms with E-state index in [2.05, 4.69) is 17.4 Å². The number of aryl methyl sites for hydroxylation is 1. The molecule has 0 saturated carbocycles. The molecule has 0 bridgehead atoms. The first kappa shape index (κ1) is 24.7. The maximum Gasteiger partial charge on any atom is 0.251 e. The lowest BCUT2D eigenvalue weighted by Crippen LogP contribution is -2.31. The molecule has 1 heterocycles. The Kier molecular flexibility index (Phi) is 7.98. The number of carbonyl (C=O) groups is 2. The molecule has 1 aliphatic heterocycles. The number of unbranched alkanes of at least 4 members (excludes halogenated alkanes) is 1. The summed E-state index contributed by atoms with van der Waals surface area (Å²) in [6, 6.07) is 26.5. The van der Waals surface area contributed by atoms with Crippen molar-refractivity contribution in [1.82, 2.24) is 10.2 Å². The zero-order valence-corrected chi connectivity index (χ0v) is 20.4. The Balaban J connectivity index is 1.39. The number of rotatable bonds is 10. The summed E-state index contributed by atoms with van der Waals surface area (Å²) < 4.78 is 25.7. The highest BCUT2D eigenvalue weighted by Crippen LogP contribution is 2.34. The molecule has 0 aliphatic carbocycles. The molecule has 182 valence electrons. The first-order valence-electron chi connectivity index (χ1n) is 11.9. The van der Waals surface area contributed by atoms with Crippen LogP contribution in [0.3, 0.4) is 0 Å². The number of amides is 2. The highest BCUT2D eigenvalue weighted by atomic mass is 32.2. The fraction of sp³-hybridized carbons (Fsp3) is 0.286. The Hall–Kier alpha value is -3.45. The Morgan fingerprint density at radius 3 is 2.20 bits per heavy atom. The summed E-state index contributed by atoms with van der Waals surface area (Å²) in [4.78, 5) is 26.7. The van der Waals surface area contributed by atoms with E-state index in [1.54, 1.807) is 24.3 Å². The Morgan fingerprint density at radius 2 is 1.51 bits per heavy atom. The van der Waals surface area contributed by atoms with Gasteiger partial charge in [-0.1, -0.05) is 72.8 Å². The van der Waals surface area contributed by atoms with Crippen LogP contribution in [0.4, 0.5) is 0 Å². The van der Waals surface area contributed by atoms with E-state index in [1.165, 1.54) is 10.5 Å². The lowest BCUT2D eigenvalue weighted by Gasteiger charge is -2.24. The van der Waals surface area contributed by atoms with Gasteiger partial charge in [-0.15, -0.1) is 0 Å². The summed E-state index contributed by atoms with van der Waals surface area (Å²) in [7, 11) is -3.69. The number of benzene rings is 3. The molecule has 3 aromatic carbocycles. The maximum atomic E-state index is 12.9. The van der Waals surface area contributed by atoms with E-state index in [0.29, 0.717) is 30.6 Å². The SMILES string of the molecule is O=C(NCCCCc1ccccc1)c1cccc(C2N(CCc3ccccc3)C(=O)CS2(=O)=O)c1. The second kappa shape index (κ2) is 11.3. The third-order valence-electron chi connectivity index (χ3n) is 6.21. The smallest absolute Gasteiger partial charge is 0.251 e. The van der Waals surface area contributed by atoms with E-state index in [1.807, 2.05) is 48.5 Å². The fourth-order valence-electron chi connectivity index (χ4n) is 4.42. The van der Waals surface area contributed by atoms with Gasteiger partial charge in [-0.2, -0.15) is 0 Å². The predicted molar refractivity (Wildman–Crippen MR) is 137 cm³/mol. The number of hydrogen-bond acceptors (Lipinski definition) is 4. The largest absolute Gasteiger partial charge is 0.352 e. The number of sulfone groups is 1. The minimum atomic E-state index is -3.69. The molecule has 6 nitrogen and oxygen atoms in total. The van der Waals surface area contributed by atoms with E-state index in [4.69, 9.17) is 0 Å². The van der Waals surface area contributed by atoms with Crippen LogP contribution in [-0.4, -0.2) is 44.0 Å². The predicted octanol–water partition coefficient (Wildman–Crippen LogP) is 3.94. The number of nitrogens with one attached hydrogen (secondary N) is 1. The van der Waals surface area contributed by atoms with Crippen LogP contribution in [0.5, 0.6) is 0 Å². The Morgan fingerprint density at radius 1 is 0.857 bits per heavy atom. The maximum absolute atomic E-state index is 12.9. The monoisotopic (exact) mass is 490 g/mol. The van der Waals surface area contributed by atoms with Crippen molar-refractivity contribution in [2.45, 2.75) is 31.1 Å². The Bertz CT molecular complexity index is 1260. The average Bonchev–Trinajstić information content (AvgIpc) is 3.10. The minimum Gasteiger partial charge on any atom is -0.352 e. The van der Waals surface area contributed by atoms with Crippen LogP contribution in [0.2, 0.25) is 0 Å². The summed E-state index contributed by atoms with van der Waals surface area (Å²) in [6.45, 7) is 0.837. The molecule has 35 heavy (non-hydrogen) atoms. The van der Waals surface area contributed by atoms with Crippen LogP contribution >= 0.6 is 0 Å². The van der Waals surface area contributed by atoms with Crippen molar-refractivity contribution in [3.05, 3.63) is 107 Å². The van der Waals surface area contributed by atoms with Gasteiger partial charge in [0.25, 0.3) is 5.91 Å². The van der Waals surface area contributed by atoms with E-state index in [0.717, 1.165) is 24.8 Å². The van der Waals surface area contributed by atoms with E-state index in [9.17, 15) is 18.0 Å². The van der Waals surface area contributed by atoms with Crippen molar-refractivity contribution in [1.29, 1.82) is 0 Å². The molecular formula is C28H30N2O4S. The zero-order chi connectivity index (χ0) is 24.7. The summed E-state index contributed by atoms with van der Waals surface area (Å²) in [6.07, 6.45) is 3.32. The number of carbonyl (C=O) groups excluding carboxylic acids is 2. The van der Waals surface area contributed by atoms with Gasteiger partial charge in [-0.05, 0) is 54.5 Å². The summed E-state index contributed by atoms with van der Waals surface area (Å²) in [5.74, 6) is -1.16. The number of nitrogens with zero attached hydrogens (tertiary/aromatic N) is 1. The third-order valence-corrected chi connectivity index (χ3v) is 8.06. The summed E-state index contributed by atoms with van der Waals surface area (Å²) in [5, 5.41) is 1.85. The lowest BCUT2D eigenvalue weighted by atomic mass is 10.1.